The maximum atomic E-state index is 14.0. The molecule has 2 heterocycles. The first kappa shape index (κ1) is 19.5. The van der Waals surface area contributed by atoms with Gasteiger partial charge in [-0.2, -0.15) is 11.8 Å². The molecule has 3 rings (SSSR count). The van der Waals surface area contributed by atoms with Crippen LogP contribution in [0, 0.1) is 25.5 Å². The van der Waals surface area contributed by atoms with Gasteiger partial charge in [0.15, 0.2) is 0 Å². The Hall–Kier alpha value is -2.22. The molecule has 1 saturated heterocycles. The number of carbonyl (C=O) groups is 1. The van der Waals surface area contributed by atoms with Gasteiger partial charge in [-0.15, -0.1) is 0 Å². The van der Waals surface area contributed by atoms with Crippen LogP contribution in [0.4, 0.5) is 8.78 Å². The largest absolute Gasteiger partial charge is 0.340 e. The highest BCUT2D eigenvalue weighted by atomic mass is 32.2. The molecule has 0 N–H and O–H groups in total. The van der Waals surface area contributed by atoms with Crippen LogP contribution in [0.25, 0.3) is 0 Å². The minimum atomic E-state index is -0.467. The third-order valence-electron chi connectivity index (χ3n) is 4.82. The van der Waals surface area contributed by atoms with Crippen molar-refractivity contribution in [3.05, 3.63) is 63.3 Å². The van der Waals surface area contributed by atoms with Gasteiger partial charge in [0.2, 0.25) is 5.91 Å². The van der Waals surface area contributed by atoms with Crippen molar-refractivity contribution in [3.8, 4) is 0 Å². The maximum absolute atomic E-state index is 14.0. The van der Waals surface area contributed by atoms with Crippen LogP contribution in [0.5, 0.6) is 0 Å². The molecule has 1 aliphatic heterocycles. The summed E-state index contributed by atoms with van der Waals surface area (Å²) >= 11 is 1.51. The molecule has 1 atom stereocenters. The zero-order valence-corrected chi connectivity index (χ0v) is 16.1. The van der Waals surface area contributed by atoms with Crippen LogP contribution in [-0.4, -0.2) is 39.2 Å². The highest BCUT2D eigenvalue weighted by molar-refractivity contribution is 7.99. The van der Waals surface area contributed by atoms with Crippen molar-refractivity contribution in [3.63, 3.8) is 0 Å². The quantitative estimate of drug-likeness (QED) is 0.805. The summed E-state index contributed by atoms with van der Waals surface area (Å²) in [7, 11) is 0. The van der Waals surface area contributed by atoms with Crippen LogP contribution in [0.3, 0.4) is 0 Å². The predicted octanol–water partition coefficient (Wildman–Crippen LogP) is 2.85. The number of hydrogen-bond donors (Lipinski definition) is 0. The molecule has 27 heavy (non-hydrogen) atoms. The smallest absolute Gasteiger partial charge is 0.256 e. The Morgan fingerprint density at radius 3 is 2.85 bits per heavy atom. The molecule has 0 saturated carbocycles. The van der Waals surface area contributed by atoms with E-state index in [9.17, 15) is 18.4 Å². The highest BCUT2D eigenvalue weighted by Crippen LogP contribution is 2.36. The summed E-state index contributed by atoms with van der Waals surface area (Å²) in [6.45, 7) is 4.30. The number of nitrogens with zero attached hydrogens (tertiary/aromatic N) is 3. The molecule has 1 aliphatic rings. The molecule has 0 radical (unpaired) electrons. The maximum Gasteiger partial charge on any atom is 0.256 e. The fourth-order valence-electron chi connectivity index (χ4n) is 3.06. The zero-order valence-electron chi connectivity index (χ0n) is 15.2. The van der Waals surface area contributed by atoms with E-state index in [0.29, 0.717) is 42.1 Å². The van der Waals surface area contributed by atoms with Crippen LogP contribution in [0.2, 0.25) is 0 Å². The van der Waals surface area contributed by atoms with Crippen molar-refractivity contribution >= 4 is 17.7 Å². The van der Waals surface area contributed by atoms with Crippen molar-refractivity contribution < 1.29 is 13.6 Å². The van der Waals surface area contributed by atoms with Crippen molar-refractivity contribution in [2.75, 3.05) is 18.8 Å². The number of carbonyl (C=O) groups excluding carboxylic acids is 1. The van der Waals surface area contributed by atoms with E-state index in [1.54, 1.807) is 18.7 Å². The lowest BCUT2D eigenvalue weighted by molar-refractivity contribution is -0.131. The van der Waals surface area contributed by atoms with Gasteiger partial charge < -0.3 is 4.90 Å². The lowest BCUT2D eigenvalue weighted by Gasteiger charge is -2.21. The van der Waals surface area contributed by atoms with Crippen molar-refractivity contribution in [1.82, 2.24) is 14.5 Å². The second-order valence-corrected chi connectivity index (χ2v) is 7.89. The zero-order chi connectivity index (χ0) is 19.6. The predicted molar refractivity (Wildman–Crippen MR) is 101 cm³/mol. The first-order valence-electron chi connectivity index (χ1n) is 8.74. The molecule has 8 heteroatoms. The lowest BCUT2D eigenvalue weighted by Crippen LogP contribution is -2.38. The minimum absolute atomic E-state index is 0.0728. The number of hydrogen-bond acceptors (Lipinski definition) is 4. The fraction of sp³-hybridized carbons (Fsp3) is 0.421. The molecular weight excluding hydrogens is 372 g/mol. The molecule has 0 bridgehead atoms. The van der Waals surface area contributed by atoms with Gasteiger partial charge in [0.25, 0.3) is 5.56 Å². The van der Waals surface area contributed by atoms with Gasteiger partial charge in [0.1, 0.15) is 18.2 Å². The van der Waals surface area contributed by atoms with Crippen LogP contribution in [0.15, 0.2) is 29.3 Å². The summed E-state index contributed by atoms with van der Waals surface area (Å²) < 4.78 is 28.8. The third kappa shape index (κ3) is 4.37. The minimum Gasteiger partial charge on any atom is -0.340 e. The van der Waals surface area contributed by atoms with Crippen molar-refractivity contribution in [2.45, 2.75) is 32.1 Å². The molecule has 144 valence electrons. The Kier molecular flexibility index (Phi) is 5.94. The monoisotopic (exact) mass is 393 g/mol. The first-order chi connectivity index (χ1) is 12.9. The highest BCUT2D eigenvalue weighted by Gasteiger charge is 2.24. The van der Waals surface area contributed by atoms with Gasteiger partial charge in [0, 0.05) is 40.9 Å². The van der Waals surface area contributed by atoms with E-state index in [2.05, 4.69) is 4.98 Å². The number of amides is 1. The number of benzene rings is 1. The summed E-state index contributed by atoms with van der Waals surface area (Å²) in [4.78, 5) is 30.7. The lowest BCUT2D eigenvalue weighted by atomic mass is 10.1. The van der Waals surface area contributed by atoms with Crippen molar-refractivity contribution in [1.29, 1.82) is 0 Å². The average Bonchev–Trinajstić information content (AvgIpc) is 2.90. The summed E-state index contributed by atoms with van der Waals surface area (Å²) in [5.41, 5.74) is 1.29. The number of aryl methyl sites for hydroxylation is 1. The number of rotatable bonds is 3. The van der Waals surface area contributed by atoms with Gasteiger partial charge in [-0.05, 0) is 38.5 Å². The second-order valence-electron chi connectivity index (χ2n) is 6.58. The average molecular weight is 393 g/mol. The van der Waals surface area contributed by atoms with Crippen LogP contribution >= 0.6 is 11.8 Å². The molecule has 1 amide bonds. The Balaban J connectivity index is 1.69. The molecule has 2 aromatic rings. The third-order valence-corrected chi connectivity index (χ3v) is 6.13. The fourth-order valence-corrected chi connectivity index (χ4v) is 4.31. The first-order valence-corrected chi connectivity index (χ1v) is 9.78. The Bertz CT molecular complexity index is 916. The number of thioether (sulfide) groups is 1. The Morgan fingerprint density at radius 2 is 2.07 bits per heavy atom. The summed E-state index contributed by atoms with van der Waals surface area (Å²) in [6, 6.07) is 3.47. The van der Waals surface area contributed by atoms with Crippen LogP contribution < -0.4 is 5.56 Å². The molecule has 1 aromatic heterocycles. The van der Waals surface area contributed by atoms with Crippen LogP contribution in [0.1, 0.15) is 28.5 Å². The van der Waals surface area contributed by atoms with Crippen LogP contribution in [-0.2, 0) is 11.3 Å². The SMILES string of the molecule is Cc1ncn(CC(=O)N2CCS[C@H](c3cc(F)ccc3F)CC2)c(=O)c1C. The van der Waals surface area contributed by atoms with E-state index in [0.717, 1.165) is 12.1 Å². The van der Waals surface area contributed by atoms with Gasteiger partial charge in [-0.25, -0.2) is 13.8 Å². The van der Waals surface area contributed by atoms with E-state index in [4.69, 9.17) is 0 Å². The summed E-state index contributed by atoms with van der Waals surface area (Å²) in [6.07, 6.45) is 1.91. The van der Waals surface area contributed by atoms with E-state index >= 15 is 0 Å². The van der Waals surface area contributed by atoms with E-state index < -0.39 is 11.6 Å². The molecule has 0 spiro atoms. The number of halogens is 2. The van der Waals surface area contributed by atoms with E-state index in [-0.39, 0.29) is 23.3 Å². The molecule has 1 fully saturated rings. The molecule has 5 nitrogen and oxygen atoms in total. The molecule has 0 aliphatic carbocycles. The van der Waals surface area contributed by atoms with Gasteiger partial charge in [0.05, 0.1) is 6.33 Å². The van der Waals surface area contributed by atoms with E-state index in [1.165, 1.54) is 28.7 Å². The Morgan fingerprint density at radius 1 is 1.30 bits per heavy atom. The normalized spacial score (nSPS) is 17.6. The number of aromatic nitrogens is 2. The summed E-state index contributed by atoms with van der Waals surface area (Å²) in [5, 5.41) is -0.204. The van der Waals surface area contributed by atoms with Crippen molar-refractivity contribution in [2.24, 2.45) is 0 Å². The molecular formula is C19H21F2N3O2S. The summed E-state index contributed by atoms with van der Waals surface area (Å²) in [5.74, 6) is -0.456. The second kappa shape index (κ2) is 8.21. The van der Waals surface area contributed by atoms with Gasteiger partial charge >= 0.3 is 0 Å². The Labute approximate surface area is 160 Å². The topological polar surface area (TPSA) is 55.2 Å². The van der Waals surface area contributed by atoms with Gasteiger partial charge in [-0.3, -0.25) is 14.2 Å². The van der Waals surface area contributed by atoms with E-state index in [1.807, 2.05) is 0 Å². The van der Waals surface area contributed by atoms with Gasteiger partial charge in [-0.1, -0.05) is 0 Å². The standard InChI is InChI=1S/C19H21F2N3O2S/c1-12-13(2)22-11-24(19(12)26)10-18(25)23-6-5-17(27-8-7-23)15-9-14(20)3-4-16(15)21/h3-4,9,11,17H,5-8,10H2,1-2H3/t17-/m0/s1. The molecule has 1 aromatic carbocycles. The molecule has 0 unspecified atom stereocenters.